The number of allylic oxidation sites excluding steroid dienone is 2. The zero-order chi connectivity index (χ0) is 19.5. The first kappa shape index (κ1) is 27.3. The monoisotopic (exact) mass is 420 g/mol. The molecule has 0 rings (SSSR count). The van der Waals surface area contributed by atoms with Crippen LogP contribution >= 0.6 is 0 Å². The zero-order valence-corrected chi connectivity index (χ0v) is 15.1. The molecule has 26 heavy (non-hydrogen) atoms. The van der Waals surface area contributed by atoms with Gasteiger partial charge in [0.2, 0.25) is 0 Å². The van der Waals surface area contributed by atoms with Crippen LogP contribution in [-0.4, -0.2) is 94.2 Å². The van der Waals surface area contributed by atoms with Gasteiger partial charge >= 0.3 is 55.6 Å². The molecule has 146 valence electrons. The minimum absolute atomic E-state index is 0. The average molecular weight is 420 g/mol. The number of carbonyl (C=O) groups excluding carboxylic acids is 3. The maximum atomic E-state index is 12.2. The molecule has 0 saturated carbocycles. The fourth-order valence-electron chi connectivity index (χ4n) is 1.40. The molecule has 1 N–H and O–H groups in total. The van der Waals surface area contributed by atoms with E-state index in [4.69, 9.17) is 18.8 Å². The topological polar surface area (TPSA) is 133 Å². The second-order valence-electron chi connectivity index (χ2n) is 5.20. The van der Waals surface area contributed by atoms with Crippen LogP contribution in [0, 0.1) is 5.41 Å². The van der Waals surface area contributed by atoms with E-state index in [1.807, 2.05) is 0 Å². The van der Waals surface area contributed by atoms with Gasteiger partial charge < -0.3 is 14.2 Å². The number of ether oxygens (including phenoxy) is 3. The summed E-state index contributed by atoms with van der Waals surface area (Å²) in [7, 11) is -4.30. The number of esters is 3. The van der Waals surface area contributed by atoms with E-state index in [2.05, 4.69) is 0 Å². The second-order valence-corrected chi connectivity index (χ2v) is 6.77. The molecule has 0 aliphatic heterocycles. The molecular formula is C15H24CaO9S. The fraction of sp³-hybridized carbons (Fsp3) is 0.533. The Morgan fingerprint density at radius 1 is 0.962 bits per heavy atom. The number of rotatable bonds is 10. The maximum absolute atomic E-state index is 12.2. The van der Waals surface area contributed by atoms with Crippen molar-refractivity contribution in [3.8, 4) is 0 Å². The van der Waals surface area contributed by atoms with Gasteiger partial charge in [-0.15, -0.1) is 0 Å². The van der Waals surface area contributed by atoms with Crippen LogP contribution in [0.1, 0.15) is 20.8 Å². The molecule has 0 spiro atoms. The summed E-state index contributed by atoms with van der Waals surface area (Å²) >= 11 is 0. The Morgan fingerprint density at radius 3 is 1.73 bits per heavy atom. The van der Waals surface area contributed by atoms with E-state index in [9.17, 15) is 22.8 Å². The third kappa shape index (κ3) is 12.4. The van der Waals surface area contributed by atoms with Gasteiger partial charge in [0.15, 0.2) is 0 Å². The van der Waals surface area contributed by atoms with Gasteiger partial charge in [0.05, 0.1) is 0 Å². The Kier molecular flexibility index (Phi) is 13.9. The van der Waals surface area contributed by atoms with Crippen molar-refractivity contribution < 1.29 is 41.6 Å². The zero-order valence-electron chi connectivity index (χ0n) is 14.3. The SMILES string of the molecule is CC=CC(=O)OCC(C)(COC(=O)C=CC)C(=O)OCCS(=O)(=O)O.[CaH2]. The first-order chi connectivity index (χ1) is 11.5. The van der Waals surface area contributed by atoms with Gasteiger partial charge in [0.25, 0.3) is 10.1 Å². The quantitative estimate of drug-likeness (QED) is 0.167. The van der Waals surface area contributed by atoms with Gasteiger partial charge in [-0.2, -0.15) is 8.42 Å². The summed E-state index contributed by atoms with van der Waals surface area (Å²) in [5, 5.41) is 0. The van der Waals surface area contributed by atoms with E-state index < -0.39 is 59.0 Å². The summed E-state index contributed by atoms with van der Waals surface area (Å²) < 4.78 is 44.5. The average Bonchev–Trinajstić information content (AvgIpc) is 2.50. The molecule has 0 aliphatic rings. The molecule has 0 aromatic carbocycles. The number of carbonyl (C=O) groups is 3. The van der Waals surface area contributed by atoms with Crippen molar-refractivity contribution in [2.45, 2.75) is 20.8 Å². The molecule has 0 atom stereocenters. The Morgan fingerprint density at radius 2 is 1.38 bits per heavy atom. The molecule has 0 unspecified atom stereocenters. The van der Waals surface area contributed by atoms with Crippen LogP contribution in [0.3, 0.4) is 0 Å². The third-order valence-electron chi connectivity index (χ3n) is 2.74. The Bertz CT molecular complexity index is 610. The summed E-state index contributed by atoms with van der Waals surface area (Å²) in [6.07, 6.45) is 5.15. The molecule has 0 bridgehead atoms. The van der Waals surface area contributed by atoms with E-state index in [0.717, 1.165) is 12.2 Å². The summed E-state index contributed by atoms with van der Waals surface area (Å²) in [6, 6.07) is 0. The Hall–Kier alpha value is -0.940. The van der Waals surface area contributed by atoms with Crippen molar-refractivity contribution in [3.05, 3.63) is 24.3 Å². The molecule has 9 nitrogen and oxygen atoms in total. The third-order valence-corrected chi connectivity index (χ3v) is 3.42. The molecule has 11 heteroatoms. The van der Waals surface area contributed by atoms with Gasteiger partial charge in [-0.25, -0.2) is 9.59 Å². The molecule has 0 heterocycles. The predicted molar refractivity (Wildman–Crippen MR) is 95.6 cm³/mol. The second kappa shape index (κ2) is 13.3. The predicted octanol–water partition coefficient (Wildman–Crippen LogP) is -0.254. The number of hydrogen-bond acceptors (Lipinski definition) is 8. The first-order valence-electron chi connectivity index (χ1n) is 7.25. The van der Waals surface area contributed by atoms with Crippen molar-refractivity contribution in [2.75, 3.05) is 25.6 Å². The van der Waals surface area contributed by atoms with Crippen LogP contribution < -0.4 is 0 Å². The van der Waals surface area contributed by atoms with E-state index in [0.29, 0.717) is 0 Å². The summed E-state index contributed by atoms with van der Waals surface area (Å²) in [6.45, 7) is 3.02. The molecular weight excluding hydrogens is 396 g/mol. The number of hydrogen-bond donors (Lipinski definition) is 1. The van der Waals surface area contributed by atoms with Crippen LogP contribution in [0.2, 0.25) is 0 Å². The van der Waals surface area contributed by atoms with E-state index in [1.165, 1.54) is 19.1 Å². The molecule has 0 amide bonds. The standard InChI is InChI=1S/C15H22O9S.Ca.2H/c1-4-6-12(16)23-10-15(3,11-24-13(17)7-5-2)14(18)22-8-9-25(19,20)21;;;/h4-7H,8-11H2,1-3H3,(H,19,20,21);;;. The van der Waals surface area contributed by atoms with Gasteiger partial charge in [0, 0.05) is 12.2 Å². The van der Waals surface area contributed by atoms with Gasteiger partial charge in [-0.1, -0.05) is 12.2 Å². The minimum atomic E-state index is -4.30. The molecule has 0 aliphatic carbocycles. The van der Waals surface area contributed by atoms with Crippen LogP contribution in [0.15, 0.2) is 24.3 Å². The van der Waals surface area contributed by atoms with Crippen molar-refractivity contribution in [1.29, 1.82) is 0 Å². The Balaban J connectivity index is 0. The van der Waals surface area contributed by atoms with Crippen molar-refractivity contribution in [3.63, 3.8) is 0 Å². The molecule has 0 saturated heterocycles. The molecule has 0 aromatic heterocycles. The fourth-order valence-corrected chi connectivity index (χ4v) is 1.70. The molecule has 0 fully saturated rings. The van der Waals surface area contributed by atoms with Crippen molar-refractivity contribution in [2.24, 2.45) is 5.41 Å². The summed E-state index contributed by atoms with van der Waals surface area (Å²) in [5.74, 6) is -3.15. The summed E-state index contributed by atoms with van der Waals surface area (Å²) in [5.41, 5.74) is -1.55. The van der Waals surface area contributed by atoms with Crippen LogP contribution in [0.5, 0.6) is 0 Å². The van der Waals surface area contributed by atoms with Crippen LogP contribution in [0.4, 0.5) is 0 Å². The van der Waals surface area contributed by atoms with Gasteiger partial charge in [-0.05, 0) is 20.8 Å². The van der Waals surface area contributed by atoms with E-state index >= 15 is 0 Å². The molecule has 0 radical (unpaired) electrons. The van der Waals surface area contributed by atoms with E-state index in [1.54, 1.807) is 13.8 Å². The van der Waals surface area contributed by atoms with Crippen molar-refractivity contribution >= 4 is 65.8 Å². The summed E-state index contributed by atoms with van der Waals surface area (Å²) in [4.78, 5) is 35.0. The normalized spacial score (nSPS) is 13.7. The van der Waals surface area contributed by atoms with Crippen LogP contribution in [-0.2, 0) is 38.7 Å². The first-order valence-corrected chi connectivity index (χ1v) is 8.86. The van der Waals surface area contributed by atoms with E-state index in [-0.39, 0.29) is 37.7 Å². The van der Waals surface area contributed by atoms with Gasteiger partial charge in [0.1, 0.15) is 31.0 Å². The van der Waals surface area contributed by atoms with Crippen LogP contribution in [0.25, 0.3) is 0 Å². The Labute approximate surface area is 182 Å². The molecule has 0 aromatic rings. The van der Waals surface area contributed by atoms with Gasteiger partial charge in [-0.3, -0.25) is 9.35 Å². The van der Waals surface area contributed by atoms with Crippen molar-refractivity contribution in [1.82, 2.24) is 0 Å².